The molecular weight excluding hydrogens is 278 g/mol. The van der Waals surface area contributed by atoms with Crippen LogP contribution in [-0.2, 0) is 16.6 Å². The summed E-state index contributed by atoms with van der Waals surface area (Å²) in [7, 11) is 0. The van der Waals surface area contributed by atoms with Crippen LogP contribution in [0.4, 0.5) is 5.69 Å². The molecule has 0 atom stereocenters. The van der Waals surface area contributed by atoms with Gasteiger partial charge in [0.15, 0.2) is 0 Å². The van der Waals surface area contributed by atoms with E-state index >= 15 is 0 Å². The number of carbonyl (C=O) groups excluding carboxylic acids is 1. The molecule has 0 aliphatic heterocycles. The van der Waals surface area contributed by atoms with Crippen LogP contribution in [-0.4, -0.2) is 16.1 Å². The number of hydrogen-bond acceptors (Lipinski definition) is 3. The summed E-state index contributed by atoms with van der Waals surface area (Å²) in [6.45, 7) is 6.19. The summed E-state index contributed by atoms with van der Waals surface area (Å²) < 4.78 is 0. The minimum absolute atomic E-state index is 0.0265. The number of rotatable bonds is 3. The summed E-state index contributed by atoms with van der Waals surface area (Å²) in [5.74, 6) is -0.174. The molecule has 0 heterocycles. The fourth-order valence-corrected chi connectivity index (χ4v) is 2.13. The Morgan fingerprint density at radius 1 is 1.05 bits per heavy atom. The number of nitrogens with one attached hydrogen (secondary N) is 1. The summed E-state index contributed by atoms with van der Waals surface area (Å²) >= 11 is 0. The van der Waals surface area contributed by atoms with E-state index in [0.717, 1.165) is 5.56 Å². The Bertz CT molecular complexity index is 687. The molecule has 22 heavy (non-hydrogen) atoms. The highest BCUT2D eigenvalue weighted by Crippen LogP contribution is 2.30. The van der Waals surface area contributed by atoms with Crippen molar-refractivity contribution in [3.8, 4) is 11.5 Å². The second kappa shape index (κ2) is 6.10. The molecule has 0 saturated heterocycles. The van der Waals surface area contributed by atoms with Gasteiger partial charge in [0, 0.05) is 5.56 Å². The first-order chi connectivity index (χ1) is 10.3. The van der Waals surface area contributed by atoms with Crippen LogP contribution in [0.25, 0.3) is 0 Å². The number of hydrogen-bond donors (Lipinski definition) is 3. The fourth-order valence-electron chi connectivity index (χ4n) is 2.13. The summed E-state index contributed by atoms with van der Waals surface area (Å²) in [4.78, 5) is 12.1. The zero-order valence-electron chi connectivity index (χ0n) is 13.1. The fraction of sp³-hybridized carbons (Fsp3) is 0.278. The van der Waals surface area contributed by atoms with Crippen molar-refractivity contribution < 1.29 is 15.0 Å². The lowest BCUT2D eigenvalue weighted by atomic mass is 9.87. The van der Waals surface area contributed by atoms with Crippen LogP contribution < -0.4 is 5.32 Å². The van der Waals surface area contributed by atoms with Gasteiger partial charge in [-0.1, -0.05) is 45.0 Å². The zero-order chi connectivity index (χ0) is 16.3. The molecular formula is C18H21NO3. The van der Waals surface area contributed by atoms with Gasteiger partial charge in [-0.25, -0.2) is 0 Å². The van der Waals surface area contributed by atoms with Gasteiger partial charge in [0.2, 0.25) is 5.91 Å². The topological polar surface area (TPSA) is 69.6 Å². The third-order valence-corrected chi connectivity index (χ3v) is 3.48. The number of aromatic hydroxyl groups is 2. The van der Waals surface area contributed by atoms with E-state index in [4.69, 9.17) is 0 Å². The lowest BCUT2D eigenvalue weighted by Crippen LogP contribution is -2.16. The summed E-state index contributed by atoms with van der Waals surface area (Å²) in [5.41, 5.74) is 1.87. The predicted molar refractivity (Wildman–Crippen MR) is 87.2 cm³/mol. The van der Waals surface area contributed by atoms with E-state index < -0.39 is 0 Å². The molecule has 0 aromatic heterocycles. The second-order valence-electron chi connectivity index (χ2n) is 6.34. The van der Waals surface area contributed by atoms with Crippen molar-refractivity contribution in [3.63, 3.8) is 0 Å². The Balaban J connectivity index is 2.17. The molecule has 4 nitrogen and oxygen atoms in total. The molecule has 2 aromatic rings. The Kier molecular flexibility index (Phi) is 4.40. The van der Waals surface area contributed by atoms with Crippen LogP contribution >= 0.6 is 0 Å². The lowest BCUT2D eigenvalue weighted by molar-refractivity contribution is -0.115. The van der Waals surface area contributed by atoms with Gasteiger partial charge in [-0.05, 0) is 29.2 Å². The van der Waals surface area contributed by atoms with Crippen LogP contribution in [0.15, 0.2) is 42.5 Å². The third-order valence-electron chi connectivity index (χ3n) is 3.48. The Labute approximate surface area is 130 Å². The van der Waals surface area contributed by atoms with Crippen molar-refractivity contribution in [2.24, 2.45) is 0 Å². The number of phenols is 2. The number of para-hydroxylation sites is 1. The van der Waals surface area contributed by atoms with Gasteiger partial charge in [0.05, 0.1) is 12.1 Å². The molecule has 0 bridgehead atoms. The number of anilines is 1. The van der Waals surface area contributed by atoms with E-state index in [-0.39, 0.29) is 29.2 Å². The van der Waals surface area contributed by atoms with Gasteiger partial charge in [-0.15, -0.1) is 0 Å². The molecule has 4 heteroatoms. The van der Waals surface area contributed by atoms with Gasteiger partial charge in [0.25, 0.3) is 0 Å². The molecule has 116 valence electrons. The van der Waals surface area contributed by atoms with Crippen LogP contribution in [0.3, 0.4) is 0 Å². The Morgan fingerprint density at radius 2 is 1.73 bits per heavy atom. The molecule has 0 aliphatic rings. The van der Waals surface area contributed by atoms with Crippen molar-refractivity contribution in [1.29, 1.82) is 0 Å². The van der Waals surface area contributed by atoms with E-state index in [2.05, 4.69) is 26.1 Å². The summed E-state index contributed by atoms with van der Waals surface area (Å²) in [6.07, 6.45) is 0.0475. The minimum Gasteiger partial charge on any atom is -0.508 e. The smallest absolute Gasteiger partial charge is 0.229 e. The monoisotopic (exact) mass is 299 g/mol. The van der Waals surface area contributed by atoms with Crippen LogP contribution in [0.1, 0.15) is 31.9 Å². The maximum Gasteiger partial charge on any atom is 0.229 e. The molecule has 0 unspecified atom stereocenters. The largest absolute Gasteiger partial charge is 0.508 e. The predicted octanol–water partition coefficient (Wildman–Crippen LogP) is 3.58. The first kappa shape index (κ1) is 15.9. The maximum atomic E-state index is 12.1. The molecule has 0 radical (unpaired) electrons. The molecule has 0 saturated carbocycles. The molecule has 0 spiro atoms. The van der Waals surface area contributed by atoms with Crippen molar-refractivity contribution in [2.75, 3.05) is 5.32 Å². The number of carbonyl (C=O) groups is 1. The summed E-state index contributed by atoms with van der Waals surface area (Å²) in [5, 5.41) is 22.3. The molecule has 2 rings (SSSR count). The van der Waals surface area contributed by atoms with Crippen molar-refractivity contribution >= 4 is 11.6 Å². The number of benzene rings is 2. The minimum atomic E-state index is -0.289. The maximum absolute atomic E-state index is 12.1. The number of amides is 1. The Hall–Kier alpha value is -2.49. The Morgan fingerprint density at radius 3 is 2.36 bits per heavy atom. The highest BCUT2D eigenvalue weighted by molar-refractivity contribution is 5.94. The van der Waals surface area contributed by atoms with E-state index in [1.54, 1.807) is 36.4 Å². The normalized spacial score (nSPS) is 11.2. The SMILES string of the molecule is CC(C)(C)c1ccc(O)c(NC(=O)Cc2ccccc2O)c1. The second-order valence-corrected chi connectivity index (χ2v) is 6.34. The first-order valence-corrected chi connectivity index (χ1v) is 7.17. The molecule has 0 fully saturated rings. The van der Waals surface area contributed by atoms with Crippen LogP contribution in [0.2, 0.25) is 0 Å². The van der Waals surface area contributed by atoms with Gasteiger partial charge in [-0.2, -0.15) is 0 Å². The van der Waals surface area contributed by atoms with Gasteiger partial charge < -0.3 is 15.5 Å². The van der Waals surface area contributed by atoms with E-state index in [1.807, 2.05) is 6.07 Å². The highest BCUT2D eigenvalue weighted by atomic mass is 16.3. The third kappa shape index (κ3) is 3.79. The quantitative estimate of drug-likeness (QED) is 0.759. The molecule has 0 aliphatic carbocycles. The van der Waals surface area contributed by atoms with Crippen molar-refractivity contribution in [2.45, 2.75) is 32.6 Å². The van der Waals surface area contributed by atoms with Crippen molar-refractivity contribution in [3.05, 3.63) is 53.6 Å². The van der Waals surface area contributed by atoms with Crippen LogP contribution in [0, 0.1) is 0 Å². The van der Waals surface area contributed by atoms with Gasteiger partial charge in [0.1, 0.15) is 11.5 Å². The molecule has 3 N–H and O–H groups in total. The molecule has 2 aromatic carbocycles. The van der Waals surface area contributed by atoms with Crippen molar-refractivity contribution in [1.82, 2.24) is 0 Å². The average Bonchev–Trinajstić information content (AvgIpc) is 2.42. The number of phenolic OH excluding ortho intramolecular Hbond substituents is 2. The van der Waals surface area contributed by atoms with E-state index in [9.17, 15) is 15.0 Å². The highest BCUT2D eigenvalue weighted by Gasteiger charge is 2.16. The zero-order valence-corrected chi connectivity index (χ0v) is 13.1. The van der Waals surface area contributed by atoms with Gasteiger partial charge in [-0.3, -0.25) is 4.79 Å². The summed E-state index contributed by atoms with van der Waals surface area (Å²) in [6, 6.07) is 11.9. The van der Waals surface area contributed by atoms with Crippen LogP contribution in [0.5, 0.6) is 11.5 Å². The van der Waals surface area contributed by atoms with Gasteiger partial charge >= 0.3 is 0 Å². The van der Waals surface area contributed by atoms with E-state index in [1.165, 1.54) is 0 Å². The molecule has 1 amide bonds. The van der Waals surface area contributed by atoms with E-state index in [0.29, 0.717) is 11.3 Å². The standard InChI is InChI=1S/C18H21NO3/c1-18(2,3)13-8-9-16(21)14(11-13)19-17(22)10-12-6-4-5-7-15(12)20/h4-9,11,20-21H,10H2,1-3H3,(H,19,22). The first-order valence-electron chi connectivity index (χ1n) is 7.17. The average molecular weight is 299 g/mol. The lowest BCUT2D eigenvalue weighted by Gasteiger charge is -2.20.